The Hall–Kier alpha value is -2.57. The van der Waals surface area contributed by atoms with E-state index in [1.165, 1.54) is 19.1 Å². The molecule has 0 aliphatic carbocycles. The van der Waals surface area contributed by atoms with E-state index in [9.17, 15) is 19.5 Å². The third kappa shape index (κ3) is 6.06. The number of rotatable bonds is 7. The summed E-state index contributed by atoms with van der Waals surface area (Å²) in [7, 11) is 0. The summed E-state index contributed by atoms with van der Waals surface area (Å²) in [5.74, 6) is 0.451. The average Bonchev–Trinajstić information content (AvgIpc) is 2.62. The molecule has 2 amide bonds. The van der Waals surface area contributed by atoms with E-state index >= 15 is 0 Å². The highest BCUT2D eigenvalue weighted by atomic mass is 16.5. The summed E-state index contributed by atoms with van der Waals surface area (Å²) in [5.41, 5.74) is 0. The van der Waals surface area contributed by atoms with Crippen LogP contribution < -0.4 is 10.1 Å². The quantitative estimate of drug-likeness (QED) is 0.769. The molecule has 1 heterocycles. The van der Waals surface area contributed by atoms with Crippen molar-refractivity contribution in [2.24, 2.45) is 0 Å². The molecule has 7 heteroatoms. The molecule has 0 saturated carbocycles. The SMILES string of the molecule is CC(=O)CCC(=O)N1CCC(NC(=O)C(C)Oc2ccc(O)cc2)CC1. The number of hydrogen-bond acceptors (Lipinski definition) is 5. The largest absolute Gasteiger partial charge is 0.508 e. The van der Waals surface area contributed by atoms with E-state index in [-0.39, 0.29) is 42.2 Å². The molecule has 0 aromatic heterocycles. The molecule has 142 valence electrons. The van der Waals surface area contributed by atoms with Crippen molar-refractivity contribution >= 4 is 17.6 Å². The van der Waals surface area contributed by atoms with E-state index < -0.39 is 6.10 Å². The molecule has 1 aromatic carbocycles. The summed E-state index contributed by atoms with van der Waals surface area (Å²) in [6, 6.07) is 6.21. The highest BCUT2D eigenvalue weighted by Gasteiger charge is 2.25. The molecule has 1 unspecified atom stereocenters. The second kappa shape index (κ2) is 9.22. The van der Waals surface area contributed by atoms with Gasteiger partial charge >= 0.3 is 0 Å². The Kier molecular flexibility index (Phi) is 7.00. The molecule has 1 saturated heterocycles. The van der Waals surface area contributed by atoms with Crippen LogP contribution in [0.4, 0.5) is 0 Å². The normalized spacial score (nSPS) is 16.0. The lowest BCUT2D eigenvalue weighted by Crippen LogP contribution is -2.49. The number of hydrogen-bond donors (Lipinski definition) is 2. The molecular weight excluding hydrogens is 336 g/mol. The predicted octanol–water partition coefficient (Wildman–Crippen LogP) is 1.64. The van der Waals surface area contributed by atoms with Gasteiger partial charge in [0.2, 0.25) is 5.91 Å². The van der Waals surface area contributed by atoms with Crippen LogP contribution in [0.1, 0.15) is 39.5 Å². The number of phenols is 1. The maximum absolute atomic E-state index is 12.3. The third-order valence-corrected chi connectivity index (χ3v) is 4.40. The zero-order valence-corrected chi connectivity index (χ0v) is 15.2. The predicted molar refractivity (Wildman–Crippen MR) is 95.9 cm³/mol. The number of carbonyl (C=O) groups excluding carboxylic acids is 3. The summed E-state index contributed by atoms with van der Waals surface area (Å²) >= 11 is 0. The van der Waals surface area contributed by atoms with E-state index in [0.717, 1.165) is 0 Å². The Balaban J connectivity index is 1.74. The van der Waals surface area contributed by atoms with Gasteiger partial charge in [0.05, 0.1) is 0 Å². The molecular formula is C19H26N2O5. The first-order valence-electron chi connectivity index (χ1n) is 8.88. The van der Waals surface area contributed by atoms with Crippen molar-refractivity contribution in [1.29, 1.82) is 0 Å². The van der Waals surface area contributed by atoms with Gasteiger partial charge in [-0.2, -0.15) is 0 Å². The van der Waals surface area contributed by atoms with E-state index in [1.807, 2.05) is 0 Å². The first-order chi connectivity index (χ1) is 12.3. The molecule has 7 nitrogen and oxygen atoms in total. The topological polar surface area (TPSA) is 95.9 Å². The Bertz CT molecular complexity index is 636. The number of amides is 2. The molecule has 2 N–H and O–H groups in total. The van der Waals surface area contributed by atoms with Crippen LogP contribution in [0.2, 0.25) is 0 Å². The lowest BCUT2D eigenvalue weighted by Gasteiger charge is -2.33. The van der Waals surface area contributed by atoms with Crippen molar-refractivity contribution < 1.29 is 24.2 Å². The van der Waals surface area contributed by atoms with Crippen molar-refractivity contribution in [2.45, 2.75) is 51.7 Å². The van der Waals surface area contributed by atoms with Gasteiger partial charge in [-0.15, -0.1) is 0 Å². The summed E-state index contributed by atoms with van der Waals surface area (Å²) in [5, 5.41) is 12.2. The number of piperidine rings is 1. The van der Waals surface area contributed by atoms with E-state index in [2.05, 4.69) is 5.32 Å². The maximum atomic E-state index is 12.3. The monoisotopic (exact) mass is 362 g/mol. The number of ether oxygens (including phenoxy) is 1. The van der Waals surface area contributed by atoms with Gasteiger partial charge in [-0.1, -0.05) is 0 Å². The van der Waals surface area contributed by atoms with Gasteiger partial charge in [0.15, 0.2) is 6.10 Å². The Morgan fingerprint density at radius 1 is 1.19 bits per heavy atom. The molecule has 1 fully saturated rings. The Labute approximate surface area is 153 Å². The molecule has 0 spiro atoms. The van der Waals surface area contributed by atoms with Crippen molar-refractivity contribution in [3.63, 3.8) is 0 Å². The van der Waals surface area contributed by atoms with Crippen LogP contribution in [0.15, 0.2) is 24.3 Å². The van der Waals surface area contributed by atoms with Crippen LogP contribution in [-0.2, 0) is 14.4 Å². The molecule has 1 aliphatic rings. The van der Waals surface area contributed by atoms with Crippen LogP contribution in [0.25, 0.3) is 0 Å². The number of ketones is 1. The summed E-state index contributed by atoms with van der Waals surface area (Å²) in [6.45, 7) is 4.31. The highest BCUT2D eigenvalue weighted by molar-refractivity contribution is 5.83. The number of aromatic hydroxyl groups is 1. The van der Waals surface area contributed by atoms with Gasteiger partial charge < -0.3 is 24.9 Å². The van der Waals surface area contributed by atoms with Gasteiger partial charge in [0.25, 0.3) is 5.91 Å². The third-order valence-electron chi connectivity index (χ3n) is 4.40. The van der Waals surface area contributed by atoms with Crippen LogP contribution >= 0.6 is 0 Å². The summed E-state index contributed by atoms with van der Waals surface area (Å²) in [6.07, 6.45) is 1.24. The first-order valence-corrected chi connectivity index (χ1v) is 8.88. The van der Waals surface area contributed by atoms with Gasteiger partial charge in [0.1, 0.15) is 17.3 Å². The van der Waals surface area contributed by atoms with Crippen molar-refractivity contribution in [3.8, 4) is 11.5 Å². The number of nitrogens with one attached hydrogen (secondary N) is 1. The average molecular weight is 362 g/mol. The molecule has 1 atom stereocenters. The minimum absolute atomic E-state index is 0.00484. The number of Topliss-reactive ketones (excluding diaryl/α,β-unsaturated/α-hetero) is 1. The number of nitrogens with zero attached hydrogens (tertiary/aromatic N) is 1. The zero-order valence-electron chi connectivity index (χ0n) is 15.2. The summed E-state index contributed by atoms with van der Waals surface area (Å²) in [4.78, 5) is 37.0. The first kappa shape index (κ1) is 19.8. The second-order valence-corrected chi connectivity index (χ2v) is 6.62. The highest BCUT2D eigenvalue weighted by Crippen LogP contribution is 2.18. The van der Waals surface area contributed by atoms with Gasteiger partial charge in [0, 0.05) is 32.0 Å². The molecule has 0 bridgehead atoms. The maximum Gasteiger partial charge on any atom is 0.260 e. The van der Waals surface area contributed by atoms with E-state index in [1.54, 1.807) is 24.0 Å². The van der Waals surface area contributed by atoms with Crippen LogP contribution in [0, 0.1) is 0 Å². The molecule has 26 heavy (non-hydrogen) atoms. The molecule has 2 rings (SSSR count). The standard InChI is InChI=1S/C19H26N2O5/c1-13(22)3-8-18(24)21-11-9-15(10-12-21)20-19(25)14(2)26-17-6-4-16(23)5-7-17/h4-7,14-15,23H,3,8-12H2,1-2H3,(H,20,25). The van der Waals surface area contributed by atoms with Crippen LogP contribution in [0.3, 0.4) is 0 Å². The molecule has 1 aromatic rings. The van der Waals surface area contributed by atoms with Crippen LogP contribution in [0.5, 0.6) is 11.5 Å². The number of phenolic OH excluding ortho intramolecular Hbond substituents is 1. The van der Waals surface area contributed by atoms with Gasteiger partial charge in [-0.3, -0.25) is 9.59 Å². The summed E-state index contributed by atoms with van der Waals surface area (Å²) < 4.78 is 5.57. The minimum atomic E-state index is -0.658. The van der Waals surface area contributed by atoms with E-state index in [4.69, 9.17) is 4.74 Å². The number of benzene rings is 1. The van der Waals surface area contributed by atoms with Crippen LogP contribution in [-0.4, -0.2) is 52.8 Å². The minimum Gasteiger partial charge on any atom is -0.508 e. The smallest absolute Gasteiger partial charge is 0.260 e. The van der Waals surface area contributed by atoms with E-state index in [0.29, 0.717) is 31.7 Å². The van der Waals surface area contributed by atoms with Crippen molar-refractivity contribution in [1.82, 2.24) is 10.2 Å². The lowest BCUT2D eigenvalue weighted by molar-refractivity contribution is -0.134. The van der Waals surface area contributed by atoms with Gasteiger partial charge in [-0.25, -0.2) is 0 Å². The Morgan fingerprint density at radius 3 is 2.38 bits per heavy atom. The fraction of sp³-hybridized carbons (Fsp3) is 0.526. The molecule has 1 aliphatic heterocycles. The Morgan fingerprint density at radius 2 is 1.81 bits per heavy atom. The second-order valence-electron chi connectivity index (χ2n) is 6.62. The fourth-order valence-corrected chi connectivity index (χ4v) is 2.82. The van der Waals surface area contributed by atoms with Crippen molar-refractivity contribution in [3.05, 3.63) is 24.3 Å². The van der Waals surface area contributed by atoms with Crippen molar-refractivity contribution in [2.75, 3.05) is 13.1 Å². The van der Waals surface area contributed by atoms with Gasteiger partial charge in [-0.05, 0) is 51.0 Å². The molecule has 0 radical (unpaired) electrons. The zero-order chi connectivity index (χ0) is 19.1. The lowest BCUT2D eigenvalue weighted by atomic mass is 10.0. The number of likely N-dealkylation sites (tertiary alicyclic amines) is 1. The fourth-order valence-electron chi connectivity index (χ4n) is 2.82. The number of carbonyl (C=O) groups is 3.